The highest BCUT2D eigenvalue weighted by molar-refractivity contribution is 5.93. The molecule has 1 aliphatic carbocycles. The number of benzene rings is 1. The molecule has 162 valence electrons. The maximum absolute atomic E-state index is 12.3. The third-order valence-electron chi connectivity index (χ3n) is 5.35. The van der Waals surface area contributed by atoms with Crippen molar-refractivity contribution >= 4 is 12.0 Å². The average molecular weight is 408 g/mol. The first kappa shape index (κ1) is 23.0. The fourth-order valence-electron chi connectivity index (χ4n) is 3.55. The maximum atomic E-state index is 12.3. The van der Waals surface area contributed by atoms with E-state index in [9.17, 15) is 20.1 Å². The molecule has 0 bridgehead atoms. The summed E-state index contributed by atoms with van der Waals surface area (Å²) in [5.74, 6) is 0.271. The molecule has 0 radical (unpaired) electrons. The van der Waals surface area contributed by atoms with Gasteiger partial charge in [0, 0.05) is 30.2 Å². The van der Waals surface area contributed by atoms with Crippen molar-refractivity contribution in [3.05, 3.63) is 23.3 Å². The Bertz CT molecular complexity index is 732. The van der Waals surface area contributed by atoms with E-state index in [0.717, 1.165) is 25.7 Å². The minimum absolute atomic E-state index is 0.0469. The van der Waals surface area contributed by atoms with Crippen LogP contribution in [0.4, 0.5) is 0 Å². The van der Waals surface area contributed by atoms with Gasteiger partial charge in [-0.2, -0.15) is 0 Å². The topological polar surface area (TPSA) is 108 Å². The first-order valence-electron chi connectivity index (χ1n) is 10.0. The molecule has 1 unspecified atom stereocenters. The number of aliphatic hydroxyl groups is 2. The number of hydrogen-bond acceptors (Lipinski definition) is 6. The highest BCUT2D eigenvalue weighted by Crippen LogP contribution is 2.40. The largest absolute Gasteiger partial charge is 0.507 e. The molecule has 1 aromatic rings. The van der Waals surface area contributed by atoms with Gasteiger partial charge in [0.15, 0.2) is 0 Å². The standard InChI is InChI=1S/C22H33NO6/c1-22(2,27)19(25)12-16-18(28-3)13-17(24)15(21(16)29-4)10-11-20(26)23-14-8-6-5-7-9-14/h10-11,13-14,19,24-25,27H,5-9,12H2,1-4H3,(H,23,26). The summed E-state index contributed by atoms with van der Waals surface area (Å²) in [5.41, 5.74) is -0.524. The molecule has 1 amide bonds. The first-order valence-corrected chi connectivity index (χ1v) is 10.0. The van der Waals surface area contributed by atoms with Gasteiger partial charge in [-0.3, -0.25) is 4.79 Å². The molecule has 1 atom stereocenters. The molecule has 0 aromatic heterocycles. The Morgan fingerprint density at radius 2 is 1.93 bits per heavy atom. The zero-order valence-corrected chi connectivity index (χ0v) is 17.7. The van der Waals surface area contributed by atoms with Gasteiger partial charge >= 0.3 is 0 Å². The van der Waals surface area contributed by atoms with E-state index in [0.29, 0.717) is 16.9 Å². The number of aliphatic hydroxyl groups excluding tert-OH is 1. The highest BCUT2D eigenvalue weighted by Gasteiger charge is 2.29. The molecule has 4 N–H and O–H groups in total. The van der Waals surface area contributed by atoms with Crippen molar-refractivity contribution in [3.8, 4) is 17.2 Å². The van der Waals surface area contributed by atoms with Gasteiger partial charge in [0.2, 0.25) is 5.91 Å². The van der Waals surface area contributed by atoms with Crippen LogP contribution in [-0.4, -0.2) is 53.2 Å². The Kier molecular flexibility index (Phi) is 7.93. The number of phenols is 1. The third-order valence-corrected chi connectivity index (χ3v) is 5.35. The number of carbonyl (C=O) groups excluding carboxylic acids is 1. The van der Waals surface area contributed by atoms with E-state index in [2.05, 4.69) is 5.32 Å². The minimum atomic E-state index is -1.33. The van der Waals surface area contributed by atoms with E-state index >= 15 is 0 Å². The number of methoxy groups -OCH3 is 2. The van der Waals surface area contributed by atoms with Crippen LogP contribution >= 0.6 is 0 Å². The zero-order chi connectivity index (χ0) is 21.6. The van der Waals surface area contributed by atoms with Crippen LogP contribution in [0.2, 0.25) is 0 Å². The van der Waals surface area contributed by atoms with Crippen molar-refractivity contribution in [2.45, 2.75) is 70.1 Å². The number of hydrogen-bond donors (Lipinski definition) is 4. The van der Waals surface area contributed by atoms with Gasteiger partial charge in [0.1, 0.15) is 17.2 Å². The van der Waals surface area contributed by atoms with E-state index in [4.69, 9.17) is 9.47 Å². The summed E-state index contributed by atoms with van der Waals surface area (Å²) in [5, 5.41) is 33.8. The second kappa shape index (κ2) is 9.98. The smallest absolute Gasteiger partial charge is 0.244 e. The molecule has 1 aromatic carbocycles. The normalized spacial score (nSPS) is 16.6. The summed E-state index contributed by atoms with van der Waals surface area (Å²) < 4.78 is 10.8. The first-order chi connectivity index (χ1) is 13.7. The van der Waals surface area contributed by atoms with E-state index in [-0.39, 0.29) is 29.9 Å². The molecule has 0 saturated heterocycles. The third kappa shape index (κ3) is 6.11. The van der Waals surface area contributed by atoms with Gasteiger partial charge in [-0.15, -0.1) is 0 Å². The van der Waals surface area contributed by atoms with Crippen LogP contribution in [0.25, 0.3) is 6.08 Å². The molecule has 1 aliphatic rings. The van der Waals surface area contributed by atoms with Crippen LogP contribution in [-0.2, 0) is 11.2 Å². The molecular formula is C22H33NO6. The van der Waals surface area contributed by atoms with Crippen LogP contribution in [0.1, 0.15) is 57.1 Å². The number of amides is 1. The molecule has 0 aliphatic heterocycles. The lowest BCUT2D eigenvalue weighted by Gasteiger charge is -2.26. The van der Waals surface area contributed by atoms with Crippen LogP contribution in [0.15, 0.2) is 12.1 Å². The Hall–Kier alpha value is -2.25. The monoisotopic (exact) mass is 407 g/mol. The molecule has 7 nitrogen and oxygen atoms in total. The van der Waals surface area contributed by atoms with E-state index in [1.807, 2.05) is 0 Å². The Labute approximate surface area is 172 Å². The van der Waals surface area contributed by atoms with Crippen molar-refractivity contribution < 1.29 is 29.6 Å². The molecule has 7 heteroatoms. The quantitative estimate of drug-likeness (QED) is 0.493. The minimum Gasteiger partial charge on any atom is -0.507 e. The summed E-state index contributed by atoms with van der Waals surface area (Å²) in [6, 6.07) is 1.60. The molecule has 1 fully saturated rings. The summed E-state index contributed by atoms with van der Waals surface area (Å²) in [7, 11) is 2.88. The van der Waals surface area contributed by atoms with Gasteiger partial charge in [0.05, 0.1) is 31.5 Å². The van der Waals surface area contributed by atoms with Crippen molar-refractivity contribution in [2.75, 3.05) is 14.2 Å². The van der Waals surface area contributed by atoms with E-state index in [1.165, 1.54) is 52.7 Å². The number of aromatic hydroxyl groups is 1. The highest BCUT2D eigenvalue weighted by atomic mass is 16.5. The second-order valence-corrected chi connectivity index (χ2v) is 8.07. The van der Waals surface area contributed by atoms with Crippen LogP contribution in [0, 0.1) is 0 Å². The van der Waals surface area contributed by atoms with Crippen molar-refractivity contribution in [3.63, 3.8) is 0 Å². The number of rotatable bonds is 8. The van der Waals surface area contributed by atoms with Crippen molar-refractivity contribution in [1.82, 2.24) is 5.32 Å². The average Bonchev–Trinajstić information content (AvgIpc) is 2.67. The Balaban J connectivity index is 2.30. The summed E-state index contributed by atoms with van der Waals surface area (Å²) in [6.45, 7) is 3.01. The van der Waals surface area contributed by atoms with Gasteiger partial charge < -0.3 is 30.1 Å². The van der Waals surface area contributed by atoms with Gasteiger partial charge in [0.25, 0.3) is 0 Å². The number of phenolic OH excluding ortho intramolecular Hbond substituents is 1. The lowest BCUT2D eigenvalue weighted by Crippen LogP contribution is -2.37. The molecule has 1 saturated carbocycles. The fourth-order valence-corrected chi connectivity index (χ4v) is 3.55. The maximum Gasteiger partial charge on any atom is 0.244 e. The Morgan fingerprint density at radius 1 is 1.28 bits per heavy atom. The van der Waals surface area contributed by atoms with E-state index < -0.39 is 11.7 Å². The van der Waals surface area contributed by atoms with Crippen LogP contribution in [0.3, 0.4) is 0 Å². The number of nitrogens with one attached hydrogen (secondary N) is 1. The molecule has 2 rings (SSSR count). The molecular weight excluding hydrogens is 374 g/mol. The van der Waals surface area contributed by atoms with Gasteiger partial charge in [-0.05, 0) is 32.8 Å². The Morgan fingerprint density at radius 3 is 2.48 bits per heavy atom. The predicted molar refractivity (Wildman–Crippen MR) is 111 cm³/mol. The SMILES string of the molecule is COc1cc(O)c(C=CC(=O)NC2CCCCC2)c(OC)c1CC(O)C(C)(C)O. The lowest BCUT2D eigenvalue weighted by atomic mass is 9.92. The second-order valence-electron chi connectivity index (χ2n) is 8.07. The zero-order valence-electron chi connectivity index (χ0n) is 17.7. The number of ether oxygens (including phenoxy) is 2. The fraction of sp³-hybridized carbons (Fsp3) is 0.591. The molecule has 29 heavy (non-hydrogen) atoms. The summed E-state index contributed by atoms with van der Waals surface area (Å²) in [4.78, 5) is 12.3. The summed E-state index contributed by atoms with van der Waals surface area (Å²) in [6.07, 6.45) is 7.24. The van der Waals surface area contributed by atoms with Crippen LogP contribution < -0.4 is 14.8 Å². The van der Waals surface area contributed by atoms with E-state index in [1.54, 1.807) is 0 Å². The summed E-state index contributed by atoms with van der Waals surface area (Å²) >= 11 is 0. The van der Waals surface area contributed by atoms with Gasteiger partial charge in [-0.1, -0.05) is 19.3 Å². The number of carbonyl (C=O) groups is 1. The van der Waals surface area contributed by atoms with Crippen molar-refractivity contribution in [1.29, 1.82) is 0 Å². The van der Waals surface area contributed by atoms with Gasteiger partial charge in [-0.25, -0.2) is 0 Å². The lowest BCUT2D eigenvalue weighted by molar-refractivity contribution is -0.117. The predicted octanol–water partition coefficient (Wildman–Crippen LogP) is 2.55. The molecule has 0 spiro atoms. The van der Waals surface area contributed by atoms with Crippen molar-refractivity contribution in [2.24, 2.45) is 0 Å². The van der Waals surface area contributed by atoms with Crippen LogP contribution in [0.5, 0.6) is 17.2 Å². The molecule has 0 heterocycles.